The molecule has 4 unspecified atom stereocenters. The average molecular weight is 499 g/mol. The van der Waals surface area contributed by atoms with Gasteiger partial charge in [0.05, 0.1) is 12.4 Å². The number of carbonyl (C=O) groups is 4. The zero-order valence-corrected chi connectivity index (χ0v) is 20.5. The molecule has 1 aromatic heterocycles. The Labute approximate surface area is 209 Å². The van der Waals surface area contributed by atoms with Crippen LogP contribution in [0.2, 0.25) is 0 Å². The second-order valence-corrected chi connectivity index (χ2v) is 9.31. The number of amides is 3. The number of nitrogens with zero attached hydrogens (tertiary/aromatic N) is 1. The van der Waals surface area contributed by atoms with Gasteiger partial charge in [0.15, 0.2) is 0 Å². The van der Waals surface area contributed by atoms with E-state index in [-0.39, 0.29) is 30.7 Å². The molecule has 194 valence electrons. The van der Waals surface area contributed by atoms with Crippen molar-refractivity contribution in [1.82, 2.24) is 31.2 Å². The van der Waals surface area contributed by atoms with E-state index in [4.69, 9.17) is 0 Å². The SMILES string of the molecule is CC(C)C(NC(=O)C(Cc1ccccc1)NC(=O)C1CCCN1)C(=O)NC(Cc1cnc[nH]1)C(=O)O. The van der Waals surface area contributed by atoms with Crippen LogP contribution in [0.5, 0.6) is 0 Å². The molecule has 3 amide bonds. The third kappa shape index (κ3) is 7.64. The first-order valence-corrected chi connectivity index (χ1v) is 12.1. The molecule has 0 aliphatic carbocycles. The number of nitrogens with one attached hydrogen (secondary N) is 5. The lowest BCUT2D eigenvalue weighted by atomic mass is 10.00. The molecule has 0 saturated carbocycles. The van der Waals surface area contributed by atoms with E-state index in [9.17, 15) is 24.3 Å². The first-order valence-electron chi connectivity index (χ1n) is 12.1. The molecule has 36 heavy (non-hydrogen) atoms. The summed E-state index contributed by atoms with van der Waals surface area (Å²) < 4.78 is 0. The molecule has 4 atom stereocenters. The predicted molar refractivity (Wildman–Crippen MR) is 132 cm³/mol. The van der Waals surface area contributed by atoms with Gasteiger partial charge in [-0.25, -0.2) is 9.78 Å². The number of carbonyl (C=O) groups excluding carboxylic acids is 3. The maximum Gasteiger partial charge on any atom is 0.326 e. The maximum absolute atomic E-state index is 13.3. The molecule has 1 fully saturated rings. The molecule has 0 spiro atoms. The summed E-state index contributed by atoms with van der Waals surface area (Å²) in [5.74, 6) is -2.93. The van der Waals surface area contributed by atoms with Crippen molar-refractivity contribution in [3.8, 4) is 0 Å². The molecule has 0 bridgehead atoms. The second kappa shape index (κ2) is 12.8. The molecule has 2 aromatic rings. The number of imidazole rings is 1. The van der Waals surface area contributed by atoms with Crippen LogP contribution in [0, 0.1) is 5.92 Å². The number of aliphatic carboxylic acids is 1. The van der Waals surface area contributed by atoms with Crippen LogP contribution in [-0.4, -0.2) is 69.5 Å². The van der Waals surface area contributed by atoms with Gasteiger partial charge in [-0.1, -0.05) is 44.2 Å². The summed E-state index contributed by atoms with van der Waals surface area (Å²) in [5.41, 5.74) is 1.41. The van der Waals surface area contributed by atoms with Crippen molar-refractivity contribution in [3.63, 3.8) is 0 Å². The van der Waals surface area contributed by atoms with Crippen LogP contribution in [0.15, 0.2) is 42.9 Å². The zero-order valence-electron chi connectivity index (χ0n) is 20.5. The standard InChI is InChI=1S/C25H34N6O5/c1-15(2)21(24(34)30-20(25(35)36)12-17-13-26-14-28-17)31-23(33)19(11-16-7-4-3-5-8-16)29-22(32)18-9-6-10-27-18/h3-5,7-8,13-15,18-21,27H,6,9-12H2,1-2H3,(H,26,28)(H,29,32)(H,30,34)(H,31,33)(H,35,36). The lowest BCUT2D eigenvalue weighted by molar-refractivity contribution is -0.142. The number of carboxylic acid groups (broad SMARTS) is 1. The van der Waals surface area contributed by atoms with Gasteiger partial charge in [0, 0.05) is 24.7 Å². The van der Waals surface area contributed by atoms with Crippen molar-refractivity contribution in [2.75, 3.05) is 6.54 Å². The second-order valence-electron chi connectivity index (χ2n) is 9.31. The lowest BCUT2D eigenvalue weighted by Crippen LogP contribution is -2.59. The summed E-state index contributed by atoms with van der Waals surface area (Å²) in [6.07, 6.45) is 4.74. The Morgan fingerprint density at radius 3 is 2.36 bits per heavy atom. The quantitative estimate of drug-likeness (QED) is 0.242. The van der Waals surface area contributed by atoms with Crippen LogP contribution >= 0.6 is 0 Å². The Kier molecular flexibility index (Phi) is 9.57. The normalized spacial score (nSPS) is 17.7. The van der Waals surface area contributed by atoms with E-state index in [0.717, 1.165) is 18.5 Å². The summed E-state index contributed by atoms with van der Waals surface area (Å²) >= 11 is 0. The number of rotatable bonds is 12. The van der Waals surface area contributed by atoms with Crippen LogP contribution in [0.1, 0.15) is 37.9 Å². The van der Waals surface area contributed by atoms with Crippen LogP contribution in [0.3, 0.4) is 0 Å². The van der Waals surface area contributed by atoms with Crippen LogP contribution in [0.25, 0.3) is 0 Å². The van der Waals surface area contributed by atoms with E-state index in [1.807, 2.05) is 30.3 Å². The molecular formula is C25H34N6O5. The topological polar surface area (TPSA) is 165 Å². The number of hydrogen-bond donors (Lipinski definition) is 6. The van der Waals surface area contributed by atoms with Gasteiger partial charge in [0.25, 0.3) is 0 Å². The Hall–Kier alpha value is -3.73. The van der Waals surface area contributed by atoms with Crippen molar-refractivity contribution in [2.24, 2.45) is 5.92 Å². The van der Waals surface area contributed by atoms with E-state index < -0.39 is 35.9 Å². The maximum atomic E-state index is 13.3. The molecule has 2 heterocycles. The van der Waals surface area contributed by atoms with E-state index in [2.05, 4.69) is 31.2 Å². The minimum Gasteiger partial charge on any atom is -0.480 e. The van der Waals surface area contributed by atoms with Crippen molar-refractivity contribution < 1.29 is 24.3 Å². The number of H-pyrrole nitrogens is 1. The molecule has 11 nitrogen and oxygen atoms in total. The summed E-state index contributed by atoms with van der Waals surface area (Å²) in [5, 5.41) is 20.8. The van der Waals surface area contributed by atoms with Gasteiger partial charge in [-0.15, -0.1) is 0 Å². The molecule has 1 saturated heterocycles. The third-order valence-corrected chi connectivity index (χ3v) is 6.13. The van der Waals surface area contributed by atoms with E-state index in [1.54, 1.807) is 13.8 Å². The van der Waals surface area contributed by atoms with Crippen molar-refractivity contribution in [3.05, 3.63) is 54.1 Å². The predicted octanol–water partition coefficient (Wildman–Crippen LogP) is 0.142. The monoisotopic (exact) mass is 498 g/mol. The summed E-state index contributed by atoms with van der Waals surface area (Å²) in [7, 11) is 0. The highest BCUT2D eigenvalue weighted by atomic mass is 16.4. The summed E-state index contributed by atoms with van der Waals surface area (Å²) in [6, 6.07) is 5.81. The highest BCUT2D eigenvalue weighted by Gasteiger charge is 2.33. The van der Waals surface area contributed by atoms with Crippen molar-refractivity contribution in [2.45, 2.75) is 63.7 Å². The minimum absolute atomic E-state index is 0.0148. The number of aromatic nitrogens is 2. The smallest absolute Gasteiger partial charge is 0.326 e. The Morgan fingerprint density at radius 1 is 1.03 bits per heavy atom. The van der Waals surface area contributed by atoms with Crippen molar-refractivity contribution >= 4 is 23.7 Å². The van der Waals surface area contributed by atoms with Crippen LogP contribution in [-0.2, 0) is 32.0 Å². The number of aromatic amines is 1. The molecule has 0 radical (unpaired) electrons. The minimum atomic E-state index is -1.20. The first-order chi connectivity index (χ1) is 17.2. The Balaban J connectivity index is 1.71. The van der Waals surface area contributed by atoms with E-state index >= 15 is 0 Å². The largest absolute Gasteiger partial charge is 0.480 e. The highest BCUT2D eigenvalue weighted by Crippen LogP contribution is 2.10. The Bertz CT molecular complexity index is 1020. The zero-order chi connectivity index (χ0) is 26.1. The van der Waals surface area contributed by atoms with E-state index in [0.29, 0.717) is 12.1 Å². The van der Waals surface area contributed by atoms with Gasteiger partial charge in [-0.3, -0.25) is 14.4 Å². The summed E-state index contributed by atoms with van der Waals surface area (Å²) in [4.78, 5) is 57.6. The van der Waals surface area contributed by atoms with Gasteiger partial charge in [0.2, 0.25) is 17.7 Å². The molecule has 11 heteroatoms. The van der Waals surface area contributed by atoms with Gasteiger partial charge >= 0.3 is 5.97 Å². The molecule has 1 aromatic carbocycles. The fourth-order valence-corrected chi connectivity index (χ4v) is 4.11. The summed E-state index contributed by atoms with van der Waals surface area (Å²) in [6.45, 7) is 4.25. The van der Waals surface area contributed by atoms with Crippen LogP contribution < -0.4 is 21.3 Å². The fraction of sp³-hybridized carbons (Fsp3) is 0.480. The van der Waals surface area contributed by atoms with Gasteiger partial charge in [-0.05, 0) is 30.9 Å². The first kappa shape index (κ1) is 26.9. The third-order valence-electron chi connectivity index (χ3n) is 6.13. The fourth-order valence-electron chi connectivity index (χ4n) is 4.11. The van der Waals surface area contributed by atoms with Gasteiger partial charge in [0.1, 0.15) is 18.1 Å². The molecular weight excluding hydrogens is 464 g/mol. The number of benzene rings is 1. The average Bonchev–Trinajstić information content (AvgIpc) is 3.56. The van der Waals surface area contributed by atoms with Gasteiger partial charge < -0.3 is 31.4 Å². The molecule has 1 aliphatic heterocycles. The highest BCUT2D eigenvalue weighted by molar-refractivity contribution is 5.94. The van der Waals surface area contributed by atoms with Crippen LogP contribution in [0.4, 0.5) is 0 Å². The van der Waals surface area contributed by atoms with Gasteiger partial charge in [-0.2, -0.15) is 0 Å². The molecule has 6 N–H and O–H groups in total. The lowest BCUT2D eigenvalue weighted by Gasteiger charge is -2.27. The molecule has 1 aliphatic rings. The Morgan fingerprint density at radius 2 is 1.78 bits per heavy atom. The number of carboxylic acids is 1. The van der Waals surface area contributed by atoms with Crippen molar-refractivity contribution in [1.29, 1.82) is 0 Å². The number of hydrogen-bond acceptors (Lipinski definition) is 6. The van der Waals surface area contributed by atoms with E-state index in [1.165, 1.54) is 12.5 Å². The molecule has 3 rings (SSSR count).